The molecule has 0 saturated carbocycles. The molecule has 5 heterocycles. The monoisotopic (exact) mass is 379 g/mol. The summed E-state index contributed by atoms with van der Waals surface area (Å²) in [6.45, 7) is 1.65. The second kappa shape index (κ2) is 6.40. The molecule has 3 aromatic rings. The van der Waals surface area contributed by atoms with Crippen LogP contribution in [-0.2, 0) is 6.54 Å². The number of hydrogen-bond acceptors (Lipinski definition) is 4. The first-order valence-electron chi connectivity index (χ1n) is 9.24. The van der Waals surface area contributed by atoms with Crippen LogP contribution in [0, 0.1) is 11.7 Å². The number of likely N-dealkylation sites (tertiary alicyclic amines) is 1. The van der Waals surface area contributed by atoms with Gasteiger partial charge in [-0.3, -0.25) is 9.59 Å². The Labute approximate surface area is 159 Å². The third kappa shape index (κ3) is 2.72. The van der Waals surface area contributed by atoms with E-state index < -0.39 is 5.82 Å². The maximum atomic E-state index is 13.1. The molecule has 2 aliphatic heterocycles. The molecular weight excluding hydrogens is 361 g/mol. The highest BCUT2D eigenvalue weighted by Crippen LogP contribution is 2.36. The number of H-pyrrole nitrogens is 1. The summed E-state index contributed by atoms with van der Waals surface area (Å²) in [5, 5.41) is 0. The molecule has 5 rings (SSSR count). The average molecular weight is 379 g/mol. The molecule has 2 aliphatic rings. The lowest BCUT2D eigenvalue weighted by molar-refractivity contribution is 0.0589. The molecule has 1 fully saturated rings. The third-order valence-corrected chi connectivity index (χ3v) is 5.59. The first-order valence-corrected chi connectivity index (χ1v) is 9.24. The van der Waals surface area contributed by atoms with Crippen LogP contribution in [-0.4, -0.2) is 43.4 Å². The van der Waals surface area contributed by atoms with Crippen molar-refractivity contribution in [2.24, 2.45) is 5.92 Å². The predicted octanol–water partition coefficient (Wildman–Crippen LogP) is 2.03. The van der Waals surface area contributed by atoms with Crippen molar-refractivity contribution in [3.8, 4) is 11.4 Å². The second-order valence-electron chi connectivity index (χ2n) is 7.40. The highest BCUT2D eigenvalue weighted by atomic mass is 19.1. The first kappa shape index (κ1) is 16.9. The minimum absolute atomic E-state index is 0.0536. The van der Waals surface area contributed by atoms with Crippen LogP contribution in [0.15, 0.2) is 47.7 Å². The van der Waals surface area contributed by atoms with Crippen LogP contribution >= 0.6 is 0 Å². The number of fused-ring (bicyclic) bond motifs is 4. The number of nitrogens with one attached hydrogen (secondary N) is 1. The van der Waals surface area contributed by atoms with Crippen LogP contribution in [0.3, 0.4) is 0 Å². The number of carbonyl (C=O) groups excluding carboxylic acids is 1. The van der Waals surface area contributed by atoms with Gasteiger partial charge in [0.2, 0.25) is 0 Å². The quantitative estimate of drug-likeness (QED) is 0.739. The fourth-order valence-corrected chi connectivity index (χ4v) is 4.37. The Morgan fingerprint density at radius 1 is 1.14 bits per heavy atom. The number of piperidine rings is 1. The molecule has 142 valence electrons. The number of imidazole rings is 1. The van der Waals surface area contributed by atoms with E-state index in [-0.39, 0.29) is 29.0 Å². The summed E-state index contributed by atoms with van der Waals surface area (Å²) in [7, 11) is 0. The molecular formula is C20H18FN5O2. The molecule has 1 saturated heterocycles. The number of rotatable bonds is 2. The van der Waals surface area contributed by atoms with Gasteiger partial charge in [0, 0.05) is 43.6 Å². The van der Waals surface area contributed by atoms with Crippen molar-refractivity contribution in [3.63, 3.8) is 0 Å². The van der Waals surface area contributed by atoms with Crippen LogP contribution in [0.4, 0.5) is 4.39 Å². The second-order valence-corrected chi connectivity index (χ2v) is 7.40. The van der Waals surface area contributed by atoms with E-state index in [9.17, 15) is 14.0 Å². The van der Waals surface area contributed by atoms with Crippen molar-refractivity contribution in [1.82, 2.24) is 24.4 Å². The smallest absolute Gasteiger partial charge is 0.272 e. The molecule has 3 aromatic heterocycles. The average Bonchev–Trinajstić information content (AvgIpc) is 3.23. The highest BCUT2D eigenvalue weighted by Gasteiger charge is 2.37. The topological polar surface area (TPSA) is 83.9 Å². The Hall–Kier alpha value is -3.29. The maximum Gasteiger partial charge on any atom is 0.272 e. The first-order chi connectivity index (χ1) is 13.6. The zero-order chi connectivity index (χ0) is 19.3. The molecule has 28 heavy (non-hydrogen) atoms. The lowest BCUT2D eigenvalue weighted by Crippen LogP contribution is -2.49. The van der Waals surface area contributed by atoms with Crippen LogP contribution in [0.25, 0.3) is 11.4 Å². The normalized spacial score (nSPS) is 20.7. The number of aromatic nitrogens is 4. The van der Waals surface area contributed by atoms with Crippen LogP contribution < -0.4 is 5.56 Å². The fraction of sp³-hybridized carbons (Fsp3) is 0.300. The standard InChI is InChI=1S/C20H18FN5O2/c21-14-1-3-16(24-8-14)20(28)25-9-12-7-13(11-25)17-4-2-15(18-22-5-6-23-18)19(27)26(17)10-12/h1-6,8,12-13H,7,9-11H2,(H,22,23)/t12-,13+/m0/s1. The van der Waals surface area contributed by atoms with Gasteiger partial charge in [0.25, 0.3) is 11.5 Å². The van der Waals surface area contributed by atoms with Gasteiger partial charge in [-0.15, -0.1) is 0 Å². The molecule has 7 nitrogen and oxygen atoms in total. The molecule has 0 unspecified atom stereocenters. The fourth-order valence-electron chi connectivity index (χ4n) is 4.37. The van der Waals surface area contributed by atoms with E-state index in [0.29, 0.717) is 31.0 Å². The number of aromatic amines is 1. The summed E-state index contributed by atoms with van der Waals surface area (Å²) in [6.07, 6.45) is 5.32. The van der Waals surface area contributed by atoms with Gasteiger partial charge < -0.3 is 14.5 Å². The van der Waals surface area contributed by atoms with Crippen LogP contribution in [0.2, 0.25) is 0 Å². The van der Waals surface area contributed by atoms with E-state index in [0.717, 1.165) is 18.3 Å². The number of amides is 1. The van der Waals surface area contributed by atoms with Crippen LogP contribution in [0.1, 0.15) is 28.5 Å². The van der Waals surface area contributed by atoms with Gasteiger partial charge >= 0.3 is 0 Å². The minimum atomic E-state index is -0.465. The molecule has 0 aromatic carbocycles. The van der Waals surface area contributed by atoms with E-state index >= 15 is 0 Å². The molecule has 2 bridgehead atoms. The Morgan fingerprint density at radius 2 is 2.04 bits per heavy atom. The van der Waals surface area contributed by atoms with E-state index in [4.69, 9.17) is 0 Å². The lowest BCUT2D eigenvalue weighted by atomic mass is 9.83. The number of hydrogen-bond donors (Lipinski definition) is 1. The van der Waals surface area contributed by atoms with Gasteiger partial charge in [-0.05, 0) is 36.6 Å². The van der Waals surface area contributed by atoms with Crippen molar-refractivity contribution in [2.75, 3.05) is 13.1 Å². The summed E-state index contributed by atoms with van der Waals surface area (Å²) < 4.78 is 14.9. The zero-order valence-corrected chi connectivity index (χ0v) is 15.0. The van der Waals surface area contributed by atoms with Crippen molar-refractivity contribution >= 4 is 5.91 Å². The maximum absolute atomic E-state index is 13.1. The number of pyridine rings is 2. The predicted molar refractivity (Wildman–Crippen MR) is 99.2 cm³/mol. The van der Waals surface area contributed by atoms with Gasteiger partial charge in [-0.25, -0.2) is 14.4 Å². The minimum Gasteiger partial charge on any atom is -0.344 e. The zero-order valence-electron chi connectivity index (χ0n) is 15.0. The highest BCUT2D eigenvalue weighted by molar-refractivity contribution is 5.92. The summed E-state index contributed by atoms with van der Waals surface area (Å²) in [4.78, 5) is 38.6. The van der Waals surface area contributed by atoms with E-state index in [2.05, 4.69) is 15.0 Å². The van der Waals surface area contributed by atoms with Gasteiger partial charge in [-0.1, -0.05) is 0 Å². The SMILES string of the molecule is O=C(c1ccc(F)cn1)N1C[C@@H]2C[C@H](C1)c1ccc(-c3ncc[nH]3)c(=O)n1C2. The number of halogens is 1. The summed E-state index contributed by atoms with van der Waals surface area (Å²) in [5.41, 5.74) is 1.69. The molecule has 1 amide bonds. The Morgan fingerprint density at radius 3 is 2.79 bits per heavy atom. The molecule has 8 heteroatoms. The van der Waals surface area contributed by atoms with Gasteiger partial charge in [0.15, 0.2) is 0 Å². The molecule has 1 N–H and O–H groups in total. The summed E-state index contributed by atoms with van der Waals surface area (Å²) >= 11 is 0. The van der Waals surface area contributed by atoms with E-state index in [1.54, 1.807) is 23.4 Å². The molecule has 0 aliphatic carbocycles. The molecule has 2 atom stereocenters. The number of carbonyl (C=O) groups is 1. The lowest BCUT2D eigenvalue weighted by Gasteiger charge is -2.42. The summed E-state index contributed by atoms with van der Waals surface area (Å²) in [6, 6.07) is 6.42. The number of nitrogens with zero attached hydrogens (tertiary/aromatic N) is 4. The van der Waals surface area contributed by atoms with E-state index in [1.807, 2.05) is 10.6 Å². The Balaban J connectivity index is 1.45. The summed E-state index contributed by atoms with van der Waals surface area (Å²) in [5.74, 6) is 0.191. The largest absolute Gasteiger partial charge is 0.344 e. The van der Waals surface area contributed by atoms with Crippen molar-refractivity contribution in [1.29, 1.82) is 0 Å². The Kier molecular flexibility index (Phi) is 3.85. The Bertz CT molecular complexity index is 1090. The molecule has 0 spiro atoms. The van der Waals surface area contributed by atoms with Crippen molar-refractivity contribution in [2.45, 2.75) is 18.9 Å². The molecule has 0 radical (unpaired) electrons. The van der Waals surface area contributed by atoms with Crippen LogP contribution in [0.5, 0.6) is 0 Å². The van der Waals surface area contributed by atoms with E-state index in [1.165, 1.54) is 12.1 Å². The van der Waals surface area contributed by atoms with Gasteiger partial charge in [-0.2, -0.15) is 0 Å². The van der Waals surface area contributed by atoms with Gasteiger partial charge in [0.1, 0.15) is 17.3 Å². The van der Waals surface area contributed by atoms with Crippen molar-refractivity contribution < 1.29 is 9.18 Å². The van der Waals surface area contributed by atoms with Gasteiger partial charge in [0.05, 0.1) is 11.8 Å². The third-order valence-electron chi connectivity index (χ3n) is 5.59. The van der Waals surface area contributed by atoms with Crippen molar-refractivity contribution in [3.05, 3.63) is 70.4 Å².